The molecule has 1 rings (SSSR count). The second-order valence-corrected chi connectivity index (χ2v) is 5.35. The maximum absolute atomic E-state index is 11.7. The molecule has 0 aliphatic carbocycles. The van der Waals surface area contributed by atoms with Crippen LogP contribution in [0.2, 0.25) is 0 Å². The van der Waals surface area contributed by atoms with Crippen molar-refractivity contribution in [2.45, 2.75) is 32.1 Å². The Bertz CT molecular complexity index is 459. The van der Waals surface area contributed by atoms with Gasteiger partial charge >= 0.3 is 0 Å². The minimum Gasteiger partial charge on any atom is -0.330 e. The van der Waals surface area contributed by atoms with Gasteiger partial charge in [0, 0.05) is 19.7 Å². The molecule has 0 unspecified atom stereocenters. The Hall–Kier alpha value is -1.14. The Morgan fingerprint density at radius 3 is 2.68 bits per heavy atom. The van der Waals surface area contributed by atoms with Crippen molar-refractivity contribution in [1.82, 2.24) is 4.57 Å². The summed E-state index contributed by atoms with van der Waals surface area (Å²) in [5.74, 6) is -0.0294. The lowest BCUT2D eigenvalue weighted by atomic mass is 10.1. The molecular formula is C13H20BrN3O2. The average molecular weight is 330 g/mol. The van der Waals surface area contributed by atoms with E-state index in [9.17, 15) is 9.59 Å². The Balaban J connectivity index is 2.42. The van der Waals surface area contributed by atoms with Crippen LogP contribution in [0.3, 0.4) is 0 Å². The summed E-state index contributed by atoms with van der Waals surface area (Å²) in [6.07, 6.45) is 6.05. The van der Waals surface area contributed by atoms with E-state index in [0.29, 0.717) is 23.1 Å². The van der Waals surface area contributed by atoms with E-state index in [-0.39, 0.29) is 11.5 Å². The SMILES string of the molecule is Cn1cc(NC(=O)CCCCCCN)cc(Br)c1=O. The first-order valence-corrected chi connectivity index (χ1v) is 7.20. The molecule has 0 aliphatic heterocycles. The summed E-state index contributed by atoms with van der Waals surface area (Å²) in [7, 11) is 1.65. The van der Waals surface area contributed by atoms with Crippen molar-refractivity contribution in [2.24, 2.45) is 12.8 Å². The first-order chi connectivity index (χ1) is 9.04. The number of carbonyl (C=O) groups excluding carboxylic acids is 1. The molecular weight excluding hydrogens is 310 g/mol. The molecule has 1 amide bonds. The first-order valence-electron chi connectivity index (χ1n) is 6.40. The first kappa shape index (κ1) is 15.9. The van der Waals surface area contributed by atoms with Crippen LogP contribution < -0.4 is 16.6 Å². The summed E-state index contributed by atoms with van der Waals surface area (Å²) >= 11 is 3.17. The topological polar surface area (TPSA) is 77.1 Å². The molecule has 0 atom stereocenters. The highest BCUT2D eigenvalue weighted by Crippen LogP contribution is 2.12. The second kappa shape index (κ2) is 8.12. The van der Waals surface area contributed by atoms with Gasteiger partial charge in [-0.25, -0.2) is 0 Å². The molecule has 1 aromatic rings. The van der Waals surface area contributed by atoms with Gasteiger partial charge in [0.1, 0.15) is 0 Å². The molecule has 0 spiro atoms. The summed E-state index contributed by atoms with van der Waals surface area (Å²) in [5, 5.41) is 2.79. The van der Waals surface area contributed by atoms with E-state index in [0.717, 1.165) is 25.7 Å². The highest BCUT2D eigenvalue weighted by molar-refractivity contribution is 9.10. The molecule has 0 aromatic carbocycles. The number of hydrogen-bond donors (Lipinski definition) is 2. The van der Waals surface area contributed by atoms with Crippen LogP contribution in [0, 0.1) is 0 Å². The zero-order chi connectivity index (χ0) is 14.3. The number of unbranched alkanes of at least 4 members (excludes halogenated alkanes) is 3. The van der Waals surface area contributed by atoms with Crippen LogP contribution in [-0.4, -0.2) is 17.0 Å². The lowest BCUT2D eigenvalue weighted by Crippen LogP contribution is -2.19. The number of amides is 1. The molecule has 0 bridgehead atoms. The fourth-order valence-corrected chi connectivity index (χ4v) is 2.27. The number of halogens is 1. The number of nitrogens with one attached hydrogen (secondary N) is 1. The van der Waals surface area contributed by atoms with Crippen LogP contribution in [0.1, 0.15) is 32.1 Å². The third-order valence-corrected chi connectivity index (χ3v) is 3.35. The molecule has 19 heavy (non-hydrogen) atoms. The summed E-state index contributed by atoms with van der Waals surface area (Å²) in [5.41, 5.74) is 5.90. The van der Waals surface area contributed by atoms with Gasteiger partial charge in [-0.2, -0.15) is 0 Å². The Kier molecular flexibility index (Phi) is 6.80. The lowest BCUT2D eigenvalue weighted by molar-refractivity contribution is -0.116. The van der Waals surface area contributed by atoms with Crippen LogP contribution in [0.5, 0.6) is 0 Å². The van der Waals surface area contributed by atoms with Gasteiger partial charge in [-0.3, -0.25) is 9.59 Å². The largest absolute Gasteiger partial charge is 0.330 e. The van der Waals surface area contributed by atoms with Gasteiger partial charge in [-0.15, -0.1) is 0 Å². The predicted octanol–water partition coefficient (Wildman–Crippen LogP) is 2.00. The quantitative estimate of drug-likeness (QED) is 0.751. The van der Waals surface area contributed by atoms with Crippen LogP contribution in [0.4, 0.5) is 5.69 Å². The highest BCUT2D eigenvalue weighted by Gasteiger charge is 2.05. The smallest absolute Gasteiger partial charge is 0.264 e. The fourth-order valence-electron chi connectivity index (χ4n) is 1.75. The fraction of sp³-hybridized carbons (Fsp3) is 0.538. The third kappa shape index (κ3) is 5.57. The maximum Gasteiger partial charge on any atom is 0.264 e. The van der Waals surface area contributed by atoms with Gasteiger partial charge in [0.25, 0.3) is 5.56 Å². The molecule has 6 heteroatoms. The summed E-state index contributed by atoms with van der Waals surface area (Å²) in [4.78, 5) is 23.2. The number of rotatable bonds is 7. The minimum absolute atomic E-state index is 0.0294. The molecule has 5 nitrogen and oxygen atoms in total. The maximum atomic E-state index is 11.7. The number of aryl methyl sites for hydroxylation is 1. The number of nitrogens with zero attached hydrogens (tertiary/aromatic N) is 1. The molecule has 1 aromatic heterocycles. The van der Waals surface area contributed by atoms with Crippen molar-refractivity contribution < 1.29 is 4.79 Å². The number of hydrogen-bond acceptors (Lipinski definition) is 3. The number of aromatic nitrogens is 1. The Morgan fingerprint density at radius 2 is 2.05 bits per heavy atom. The van der Waals surface area contributed by atoms with Crippen molar-refractivity contribution in [1.29, 1.82) is 0 Å². The van der Waals surface area contributed by atoms with Crippen molar-refractivity contribution in [3.8, 4) is 0 Å². The zero-order valence-corrected chi connectivity index (χ0v) is 12.7. The number of nitrogens with two attached hydrogens (primary N) is 1. The van der Waals surface area contributed by atoms with E-state index in [1.54, 1.807) is 19.3 Å². The molecule has 1 heterocycles. The van der Waals surface area contributed by atoms with E-state index in [1.807, 2.05) is 0 Å². The highest BCUT2D eigenvalue weighted by atomic mass is 79.9. The van der Waals surface area contributed by atoms with Crippen molar-refractivity contribution >= 4 is 27.5 Å². The summed E-state index contributed by atoms with van der Waals surface area (Å²) < 4.78 is 1.87. The number of pyridine rings is 1. The number of anilines is 1. The monoisotopic (exact) mass is 329 g/mol. The van der Waals surface area contributed by atoms with Gasteiger partial charge in [-0.05, 0) is 41.4 Å². The van der Waals surface area contributed by atoms with Gasteiger partial charge in [0.2, 0.25) is 5.91 Å². The Morgan fingerprint density at radius 1 is 1.37 bits per heavy atom. The van der Waals surface area contributed by atoms with E-state index < -0.39 is 0 Å². The molecule has 0 radical (unpaired) electrons. The lowest BCUT2D eigenvalue weighted by Gasteiger charge is -2.07. The van der Waals surface area contributed by atoms with E-state index in [2.05, 4.69) is 21.2 Å². The van der Waals surface area contributed by atoms with E-state index in [4.69, 9.17) is 5.73 Å². The minimum atomic E-state index is -0.125. The standard InChI is InChI=1S/C13H20BrN3O2/c1-17-9-10(8-11(14)13(17)19)16-12(18)6-4-2-3-5-7-15/h8-9H,2-7,15H2,1H3,(H,16,18). The molecule has 3 N–H and O–H groups in total. The normalized spacial score (nSPS) is 10.5. The van der Waals surface area contributed by atoms with Crippen molar-refractivity contribution in [3.63, 3.8) is 0 Å². The molecule has 0 saturated carbocycles. The number of carbonyl (C=O) groups is 1. The van der Waals surface area contributed by atoms with Gasteiger partial charge in [0.05, 0.1) is 10.2 Å². The van der Waals surface area contributed by atoms with Crippen LogP contribution in [0.25, 0.3) is 0 Å². The molecule has 106 valence electrons. The average Bonchev–Trinajstić information content (AvgIpc) is 2.35. The summed E-state index contributed by atoms with van der Waals surface area (Å²) in [6, 6.07) is 1.62. The van der Waals surface area contributed by atoms with Gasteiger partial charge < -0.3 is 15.6 Å². The predicted molar refractivity (Wildman–Crippen MR) is 80.2 cm³/mol. The van der Waals surface area contributed by atoms with Crippen LogP contribution in [0.15, 0.2) is 21.5 Å². The van der Waals surface area contributed by atoms with Crippen molar-refractivity contribution in [3.05, 3.63) is 27.1 Å². The third-order valence-electron chi connectivity index (χ3n) is 2.78. The van der Waals surface area contributed by atoms with Gasteiger partial charge in [0.15, 0.2) is 0 Å². The summed E-state index contributed by atoms with van der Waals surface area (Å²) in [6.45, 7) is 0.707. The van der Waals surface area contributed by atoms with Crippen LogP contribution in [-0.2, 0) is 11.8 Å². The molecule has 0 fully saturated rings. The van der Waals surface area contributed by atoms with Gasteiger partial charge in [-0.1, -0.05) is 12.8 Å². The van der Waals surface area contributed by atoms with E-state index >= 15 is 0 Å². The molecule has 0 saturated heterocycles. The second-order valence-electron chi connectivity index (χ2n) is 4.49. The van der Waals surface area contributed by atoms with Crippen molar-refractivity contribution in [2.75, 3.05) is 11.9 Å². The zero-order valence-electron chi connectivity index (χ0n) is 11.1. The van der Waals surface area contributed by atoms with E-state index in [1.165, 1.54) is 4.57 Å². The van der Waals surface area contributed by atoms with Crippen LogP contribution >= 0.6 is 15.9 Å². The molecule has 0 aliphatic rings. The Labute approximate surface area is 121 Å².